The second-order valence-corrected chi connectivity index (χ2v) is 11.4. The number of phenolic OH excluding ortho intramolecular Hbond substituents is 1. The van der Waals surface area contributed by atoms with E-state index in [2.05, 4.69) is 58.2 Å². The molecule has 0 atom stereocenters. The Balaban J connectivity index is 2.23. The van der Waals surface area contributed by atoms with E-state index in [0.29, 0.717) is 17.2 Å². The summed E-state index contributed by atoms with van der Waals surface area (Å²) in [6, 6.07) is 6.15. The number of benzene rings is 1. The third kappa shape index (κ3) is 4.83. The fourth-order valence-electron chi connectivity index (χ4n) is 4.92. The number of aromatic hydroxyl groups is 1. The van der Waals surface area contributed by atoms with Crippen LogP contribution >= 0.6 is 0 Å². The number of primary amides is 1. The Morgan fingerprint density at radius 1 is 1.00 bits per heavy atom. The van der Waals surface area contributed by atoms with Gasteiger partial charge in [0.2, 0.25) is 0 Å². The first-order chi connectivity index (χ1) is 14.3. The van der Waals surface area contributed by atoms with Crippen molar-refractivity contribution >= 4 is 5.91 Å². The molecule has 1 amide bonds. The van der Waals surface area contributed by atoms with Crippen molar-refractivity contribution in [1.82, 2.24) is 4.57 Å². The molecule has 2 aromatic rings. The van der Waals surface area contributed by atoms with Gasteiger partial charge in [0.1, 0.15) is 5.75 Å². The summed E-state index contributed by atoms with van der Waals surface area (Å²) in [7, 11) is 0. The zero-order chi connectivity index (χ0) is 23.1. The fraction of sp³-hybridized carbons (Fsp3) is 0.593. The average molecular weight is 425 g/mol. The molecule has 170 valence electrons. The lowest BCUT2D eigenvalue weighted by Crippen LogP contribution is -2.19. The molecule has 1 aromatic carbocycles. The number of hydrogen-bond donors (Lipinski definition) is 2. The van der Waals surface area contributed by atoms with Crippen LogP contribution in [0.3, 0.4) is 0 Å². The van der Waals surface area contributed by atoms with Crippen molar-refractivity contribution in [2.45, 2.75) is 97.9 Å². The van der Waals surface area contributed by atoms with E-state index in [1.807, 2.05) is 13.0 Å². The van der Waals surface area contributed by atoms with Crippen LogP contribution in [0.1, 0.15) is 101 Å². The molecule has 3 N–H and O–H groups in total. The van der Waals surface area contributed by atoms with Crippen LogP contribution in [0.15, 0.2) is 18.2 Å². The Morgan fingerprint density at radius 2 is 1.52 bits per heavy atom. The van der Waals surface area contributed by atoms with E-state index in [1.165, 1.54) is 32.1 Å². The lowest BCUT2D eigenvalue weighted by molar-refractivity contribution is 0.0999. The molecule has 0 unspecified atom stereocenters. The van der Waals surface area contributed by atoms with Crippen molar-refractivity contribution in [2.24, 2.45) is 11.7 Å². The maximum absolute atomic E-state index is 12.2. The van der Waals surface area contributed by atoms with Crippen LogP contribution in [-0.2, 0) is 17.4 Å². The highest BCUT2D eigenvalue weighted by atomic mass is 16.3. The van der Waals surface area contributed by atoms with Crippen molar-refractivity contribution in [2.75, 3.05) is 0 Å². The molecule has 0 bridgehead atoms. The van der Waals surface area contributed by atoms with Crippen LogP contribution in [0.2, 0.25) is 0 Å². The number of hydrogen-bond acceptors (Lipinski definition) is 2. The van der Waals surface area contributed by atoms with Crippen molar-refractivity contribution < 1.29 is 9.90 Å². The third-order valence-electron chi connectivity index (χ3n) is 6.82. The Bertz CT molecular complexity index is 929. The maximum atomic E-state index is 12.2. The highest BCUT2D eigenvalue weighted by Gasteiger charge is 2.28. The molecular formula is C27H40N2O2. The summed E-state index contributed by atoms with van der Waals surface area (Å²) < 4.78 is 2.29. The van der Waals surface area contributed by atoms with Gasteiger partial charge < -0.3 is 15.4 Å². The lowest BCUT2D eigenvalue weighted by Gasteiger charge is -2.29. The van der Waals surface area contributed by atoms with E-state index < -0.39 is 0 Å². The summed E-state index contributed by atoms with van der Waals surface area (Å²) in [6.45, 7) is 15.7. The maximum Gasteiger partial charge on any atom is 0.250 e. The lowest BCUT2D eigenvalue weighted by atomic mass is 9.78. The van der Waals surface area contributed by atoms with Crippen molar-refractivity contribution in [3.8, 4) is 17.0 Å². The summed E-state index contributed by atoms with van der Waals surface area (Å²) in [6.07, 6.45) is 6.36. The molecule has 0 saturated heterocycles. The summed E-state index contributed by atoms with van der Waals surface area (Å²) >= 11 is 0. The van der Waals surface area contributed by atoms with E-state index in [1.54, 1.807) is 0 Å². The van der Waals surface area contributed by atoms with Gasteiger partial charge in [-0.25, -0.2) is 0 Å². The van der Waals surface area contributed by atoms with E-state index in [4.69, 9.17) is 5.73 Å². The number of carbonyl (C=O) groups is 1. The first-order valence-corrected chi connectivity index (χ1v) is 11.7. The Labute approximate surface area is 187 Å². The largest absolute Gasteiger partial charge is 0.507 e. The molecule has 3 rings (SSSR count). The van der Waals surface area contributed by atoms with E-state index in [9.17, 15) is 9.90 Å². The van der Waals surface area contributed by atoms with Gasteiger partial charge in [0.15, 0.2) is 0 Å². The predicted molar refractivity (Wildman–Crippen MR) is 129 cm³/mol. The van der Waals surface area contributed by atoms with Gasteiger partial charge in [-0.15, -0.1) is 0 Å². The van der Waals surface area contributed by atoms with Crippen molar-refractivity contribution in [3.63, 3.8) is 0 Å². The molecule has 1 saturated carbocycles. The third-order valence-corrected chi connectivity index (χ3v) is 6.82. The Hall–Kier alpha value is -2.23. The first kappa shape index (κ1) is 23.4. The molecule has 4 heteroatoms. The topological polar surface area (TPSA) is 68.2 Å². The fourth-order valence-corrected chi connectivity index (χ4v) is 4.92. The van der Waals surface area contributed by atoms with Crippen LogP contribution in [0, 0.1) is 12.8 Å². The molecule has 0 aliphatic heterocycles. The van der Waals surface area contributed by atoms with Gasteiger partial charge in [-0.3, -0.25) is 4.79 Å². The van der Waals surface area contributed by atoms with Crippen LogP contribution in [0.4, 0.5) is 0 Å². The normalized spacial score (nSPS) is 16.0. The minimum atomic E-state index is -0.382. The second-order valence-electron chi connectivity index (χ2n) is 11.4. The molecule has 0 spiro atoms. The molecule has 1 fully saturated rings. The Morgan fingerprint density at radius 3 is 1.97 bits per heavy atom. The van der Waals surface area contributed by atoms with E-state index in [-0.39, 0.29) is 16.7 Å². The molecule has 1 aromatic heterocycles. The second kappa shape index (κ2) is 8.37. The first-order valence-electron chi connectivity index (χ1n) is 11.7. The number of carbonyl (C=O) groups excluding carboxylic acids is 1. The molecule has 1 aliphatic rings. The smallest absolute Gasteiger partial charge is 0.250 e. The van der Waals surface area contributed by atoms with Gasteiger partial charge in [-0.2, -0.15) is 0 Å². The quantitative estimate of drug-likeness (QED) is 0.593. The van der Waals surface area contributed by atoms with Gasteiger partial charge in [0.25, 0.3) is 5.91 Å². The van der Waals surface area contributed by atoms with Crippen LogP contribution in [0.5, 0.6) is 5.75 Å². The molecule has 1 heterocycles. The molecule has 1 aliphatic carbocycles. The highest BCUT2D eigenvalue weighted by Crippen LogP contribution is 2.43. The number of aromatic nitrogens is 1. The van der Waals surface area contributed by atoms with Crippen LogP contribution < -0.4 is 5.73 Å². The predicted octanol–water partition coefficient (Wildman–Crippen LogP) is 6.44. The average Bonchev–Trinajstić information content (AvgIpc) is 2.98. The summed E-state index contributed by atoms with van der Waals surface area (Å²) in [5.41, 5.74) is 10.8. The van der Waals surface area contributed by atoms with Gasteiger partial charge in [-0.05, 0) is 60.3 Å². The number of nitrogens with zero attached hydrogens (tertiary/aromatic N) is 1. The van der Waals surface area contributed by atoms with E-state index >= 15 is 0 Å². The zero-order valence-electron chi connectivity index (χ0n) is 20.4. The van der Waals surface area contributed by atoms with E-state index in [0.717, 1.165) is 34.6 Å². The standard InChI is InChI=1S/C27H40N2O2/c1-17-20(25(28)31)15-23(29(17)16-18-11-9-8-10-12-18)19-13-21(26(2,3)4)24(30)22(14-19)27(5,6)7/h13-15,18,30H,8-12,16H2,1-7H3,(H2,28,31). The number of rotatable bonds is 4. The summed E-state index contributed by atoms with van der Waals surface area (Å²) in [5, 5.41) is 11.1. The van der Waals surface area contributed by atoms with Crippen LogP contribution in [0.25, 0.3) is 11.3 Å². The SMILES string of the molecule is Cc1c(C(N)=O)cc(-c2cc(C(C)(C)C)c(O)c(C(C)(C)C)c2)n1CC1CCCCC1. The van der Waals surface area contributed by atoms with Gasteiger partial charge in [-0.1, -0.05) is 60.8 Å². The molecule has 0 radical (unpaired) electrons. The zero-order valence-corrected chi connectivity index (χ0v) is 20.4. The summed E-state index contributed by atoms with van der Waals surface area (Å²) in [5.74, 6) is 0.619. The number of amides is 1. The van der Waals surface area contributed by atoms with Gasteiger partial charge >= 0.3 is 0 Å². The minimum absolute atomic E-state index is 0.206. The molecular weight excluding hydrogens is 384 g/mol. The molecule has 4 nitrogen and oxygen atoms in total. The highest BCUT2D eigenvalue weighted by molar-refractivity contribution is 5.95. The van der Waals surface area contributed by atoms with Gasteiger partial charge in [0.05, 0.1) is 5.56 Å². The molecule has 31 heavy (non-hydrogen) atoms. The monoisotopic (exact) mass is 424 g/mol. The summed E-state index contributed by atoms with van der Waals surface area (Å²) in [4.78, 5) is 12.2. The van der Waals surface area contributed by atoms with Crippen molar-refractivity contribution in [3.05, 3.63) is 40.6 Å². The van der Waals surface area contributed by atoms with Crippen molar-refractivity contribution in [1.29, 1.82) is 0 Å². The Kier molecular flexibility index (Phi) is 6.32. The van der Waals surface area contributed by atoms with Gasteiger partial charge in [0, 0.05) is 29.1 Å². The van der Waals surface area contributed by atoms with Crippen LogP contribution in [-0.4, -0.2) is 15.6 Å². The minimum Gasteiger partial charge on any atom is -0.507 e. The number of nitrogens with two attached hydrogens (primary N) is 1. The number of phenols is 1.